The monoisotopic (exact) mass is 346 g/mol. The molecule has 0 saturated carbocycles. The zero-order valence-electron chi connectivity index (χ0n) is 14.3. The minimum atomic E-state index is -0.275. The Balaban J connectivity index is 1.81. The number of rotatable bonds is 3. The Labute approximate surface area is 145 Å². The van der Waals surface area contributed by atoms with Gasteiger partial charge in [-0.3, -0.25) is 4.79 Å². The molecule has 3 rings (SSSR count). The van der Waals surface area contributed by atoms with Crippen LogP contribution in [-0.2, 0) is 14.9 Å². The average Bonchev–Trinajstić information content (AvgIpc) is 3.02. The van der Waals surface area contributed by atoms with Crippen LogP contribution in [-0.4, -0.2) is 32.2 Å². The van der Waals surface area contributed by atoms with Gasteiger partial charge in [0.05, 0.1) is 0 Å². The van der Waals surface area contributed by atoms with E-state index in [1.807, 2.05) is 19.1 Å². The minimum Gasteiger partial charge on any atom is -0.462 e. The number of hydrogen-bond acceptors (Lipinski definition) is 6. The predicted octanol–water partition coefficient (Wildman–Crippen LogP) is 2.75. The molecule has 24 heavy (non-hydrogen) atoms. The maximum Gasteiger partial charge on any atom is 0.319 e. The summed E-state index contributed by atoms with van der Waals surface area (Å²) in [5.74, 6) is 6.50. The van der Waals surface area contributed by atoms with Crippen molar-refractivity contribution in [2.45, 2.75) is 56.0 Å². The van der Waals surface area contributed by atoms with Gasteiger partial charge < -0.3 is 10.6 Å². The van der Waals surface area contributed by atoms with Gasteiger partial charge in [-0.15, -0.1) is 10.2 Å². The van der Waals surface area contributed by atoms with Crippen LogP contribution in [0.1, 0.15) is 39.7 Å². The van der Waals surface area contributed by atoms with E-state index < -0.39 is 0 Å². The van der Waals surface area contributed by atoms with Crippen molar-refractivity contribution in [2.24, 2.45) is 0 Å². The van der Waals surface area contributed by atoms with Gasteiger partial charge in [0.15, 0.2) is 5.82 Å². The van der Waals surface area contributed by atoms with E-state index >= 15 is 0 Å². The molecule has 0 unspecified atom stereocenters. The molecule has 1 fully saturated rings. The van der Waals surface area contributed by atoms with E-state index in [9.17, 15) is 4.79 Å². The molecule has 1 aromatic heterocycles. The first-order valence-corrected chi connectivity index (χ1v) is 8.82. The second-order valence-corrected chi connectivity index (χ2v) is 8.26. The molecule has 0 amide bonds. The summed E-state index contributed by atoms with van der Waals surface area (Å²) in [6, 6.07) is 8.14. The number of hydrogen-bond donors (Lipinski definition) is 1. The van der Waals surface area contributed by atoms with Crippen LogP contribution in [0.3, 0.4) is 0 Å². The van der Waals surface area contributed by atoms with Crippen LogP contribution < -0.4 is 5.84 Å². The molecule has 0 radical (unpaired) electrons. The smallest absolute Gasteiger partial charge is 0.319 e. The number of esters is 1. The first-order chi connectivity index (χ1) is 11.3. The van der Waals surface area contributed by atoms with Crippen LogP contribution in [0.15, 0.2) is 29.4 Å². The van der Waals surface area contributed by atoms with Crippen molar-refractivity contribution >= 4 is 17.7 Å². The van der Waals surface area contributed by atoms with Gasteiger partial charge in [-0.05, 0) is 17.9 Å². The largest absolute Gasteiger partial charge is 0.462 e. The summed E-state index contributed by atoms with van der Waals surface area (Å²) in [6.45, 7) is 8.39. The van der Waals surface area contributed by atoms with E-state index in [1.54, 1.807) is 0 Å². The maximum atomic E-state index is 11.8. The lowest BCUT2D eigenvalue weighted by Crippen LogP contribution is -2.16. The van der Waals surface area contributed by atoms with Crippen molar-refractivity contribution in [3.63, 3.8) is 0 Å². The van der Waals surface area contributed by atoms with Crippen molar-refractivity contribution in [3.05, 3.63) is 29.8 Å². The van der Waals surface area contributed by atoms with Crippen molar-refractivity contribution in [2.75, 3.05) is 5.84 Å². The van der Waals surface area contributed by atoms with Gasteiger partial charge in [0, 0.05) is 12.0 Å². The fourth-order valence-electron chi connectivity index (χ4n) is 2.62. The van der Waals surface area contributed by atoms with Crippen LogP contribution >= 0.6 is 11.8 Å². The summed E-state index contributed by atoms with van der Waals surface area (Å²) in [7, 11) is 0. The Morgan fingerprint density at radius 2 is 1.92 bits per heavy atom. The van der Waals surface area contributed by atoms with Gasteiger partial charge in [-0.25, -0.2) is 4.68 Å². The summed E-state index contributed by atoms with van der Waals surface area (Å²) in [5.41, 5.74) is 2.23. The number of cyclic esters (lactones) is 1. The number of nitrogen functional groups attached to an aromatic ring is 1. The van der Waals surface area contributed by atoms with Crippen molar-refractivity contribution in [3.8, 4) is 11.4 Å². The van der Waals surface area contributed by atoms with Crippen molar-refractivity contribution in [1.29, 1.82) is 0 Å². The molecule has 0 spiro atoms. The molecule has 1 saturated heterocycles. The third-order valence-electron chi connectivity index (χ3n) is 4.05. The summed E-state index contributed by atoms with van der Waals surface area (Å²) >= 11 is 1.30. The second kappa shape index (κ2) is 6.12. The molecule has 2 atom stereocenters. The van der Waals surface area contributed by atoms with Gasteiger partial charge >= 0.3 is 5.97 Å². The highest BCUT2D eigenvalue weighted by Gasteiger charge is 2.34. The van der Waals surface area contributed by atoms with Gasteiger partial charge in [0.1, 0.15) is 11.4 Å². The summed E-state index contributed by atoms with van der Waals surface area (Å²) in [4.78, 5) is 11.8. The molecule has 1 aliphatic heterocycles. The molecule has 7 heteroatoms. The maximum absolute atomic E-state index is 11.8. The third-order valence-corrected chi connectivity index (χ3v) is 5.21. The Hall–Kier alpha value is -2.02. The van der Waals surface area contributed by atoms with Crippen LogP contribution in [0.25, 0.3) is 11.4 Å². The minimum absolute atomic E-state index is 0.0615. The van der Waals surface area contributed by atoms with E-state index in [2.05, 4.69) is 43.1 Å². The van der Waals surface area contributed by atoms with E-state index in [-0.39, 0.29) is 22.7 Å². The van der Waals surface area contributed by atoms with Crippen LogP contribution in [0.4, 0.5) is 0 Å². The SMILES string of the molecule is C[C@@H]1C[C@@H](Sc2nnc(-c3ccc(C(C)(C)C)cc3)n2N)C(=O)O1. The quantitative estimate of drug-likeness (QED) is 0.680. The molecule has 2 heterocycles. The number of nitrogens with two attached hydrogens (primary N) is 1. The number of ether oxygens (including phenoxy) is 1. The van der Waals surface area contributed by atoms with Crippen molar-refractivity contribution < 1.29 is 9.53 Å². The first kappa shape index (κ1) is 16.8. The first-order valence-electron chi connectivity index (χ1n) is 7.94. The fourth-order valence-corrected chi connectivity index (χ4v) is 3.68. The molecule has 0 bridgehead atoms. The fraction of sp³-hybridized carbons (Fsp3) is 0.471. The summed E-state index contributed by atoms with van der Waals surface area (Å²) in [6.07, 6.45) is 0.597. The van der Waals surface area contributed by atoms with Crippen LogP contribution in [0.2, 0.25) is 0 Å². The number of carbonyl (C=O) groups excluding carboxylic acids is 1. The lowest BCUT2D eigenvalue weighted by atomic mass is 9.87. The average molecular weight is 346 g/mol. The van der Waals surface area contributed by atoms with Gasteiger partial charge in [-0.2, -0.15) is 0 Å². The van der Waals surface area contributed by atoms with Crippen LogP contribution in [0.5, 0.6) is 0 Å². The summed E-state index contributed by atoms with van der Waals surface area (Å²) < 4.78 is 6.60. The molecule has 2 aromatic rings. The second-order valence-electron chi connectivity index (χ2n) is 7.09. The number of nitrogens with zero attached hydrogens (tertiary/aromatic N) is 3. The molecule has 1 aliphatic rings. The molecule has 128 valence electrons. The third kappa shape index (κ3) is 3.26. The van der Waals surface area contributed by atoms with Gasteiger partial charge in [0.25, 0.3) is 0 Å². The Morgan fingerprint density at radius 1 is 1.25 bits per heavy atom. The normalized spacial score (nSPS) is 21.1. The highest BCUT2D eigenvalue weighted by molar-refractivity contribution is 8.00. The number of thioether (sulfide) groups is 1. The van der Waals surface area contributed by atoms with Gasteiger partial charge in [-0.1, -0.05) is 56.8 Å². The number of carbonyl (C=O) groups is 1. The van der Waals surface area contributed by atoms with Gasteiger partial charge in [0.2, 0.25) is 5.16 Å². The van der Waals surface area contributed by atoms with E-state index in [0.29, 0.717) is 17.4 Å². The topological polar surface area (TPSA) is 83.0 Å². The Morgan fingerprint density at radius 3 is 2.46 bits per heavy atom. The zero-order chi connectivity index (χ0) is 17.5. The van der Waals surface area contributed by atoms with Crippen molar-refractivity contribution in [1.82, 2.24) is 14.9 Å². The molecule has 6 nitrogen and oxygen atoms in total. The lowest BCUT2D eigenvalue weighted by molar-refractivity contribution is -0.140. The Kier molecular flexibility index (Phi) is 4.29. The zero-order valence-corrected chi connectivity index (χ0v) is 15.1. The highest BCUT2D eigenvalue weighted by Crippen LogP contribution is 2.32. The molecule has 2 N–H and O–H groups in total. The molecular formula is C17H22N4O2S. The number of aromatic nitrogens is 3. The molecule has 1 aromatic carbocycles. The van der Waals surface area contributed by atoms with E-state index in [0.717, 1.165) is 5.56 Å². The molecular weight excluding hydrogens is 324 g/mol. The summed E-state index contributed by atoms with van der Waals surface area (Å²) in [5, 5.41) is 8.55. The number of benzene rings is 1. The van der Waals surface area contributed by atoms with E-state index in [1.165, 1.54) is 22.0 Å². The molecule has 0 aliphatic carbocycles. The van der Waals surface area contributed by atoms with E-state index in [4.69, 9.17) is 10.6 Å². The highest BCUT2D eigenvalue weighted by atomic mass is 32.2. The predicted molar refractivity (Wildman–Crippen MR) is 94.1 cm³/mol. The van der Waals surface area contributed by atoms with Crippen LogP contribution in [0, 0.1) is 0 Å². The lowest BCUT2D eigenvalue weighted by Gasteiger charge is -2.19. The Bertz CT molecular complexity index is 749. The standard InChI is InChI=1S/C17H22N4O2S/c1-10-9-13(15(22)23-10)24-16-20-19-14(21(16)18)11-5-7-12(8-6-11)17(2,3)4/h5-8,10,13H,9,18H2,1-4H3/t10-,13-/m1/s1.